The number of anilines is 2. The fraction of sp³-hybridized carbons (Fsp3) is 0.474. The zero-order valence-corrected chi connectivity index (χ0v) is 15.9. The Balaban J connectivity index is 2.02. The van der Waals surface area contributed by atoms with Crippen LogP contribution in [0.1, 0.15) is 35.6 Å². The molecule has 0 spiro atoms. The number of hydrogen-bond donors (Lipinski definition) is 1. The number of aromatic nitrogens is 2. The Labute approximate surface area is 153 Å². The number of aryl methyl sites for hydroxylation is 3. The van der Waals surface area contributed by atoms with Gasteiger partial charge in [0.25, 0.3) is 5.56 Å². The summed E-state index contributed by atoms with van der Waals surface area (Å²) in [6, 6.07) is 4.16. The molecular formula is C19H24ClN3O2. The zero-order valence-electron chi connectivity index (χ0n) is 15.1. The number of hydrogen-bond acceptors (Lipinski definition) is 4. The Morgan fingerprint density at radius 1 is 1.32 bits per heavy atom. The molecule has 2 aromatic rings. The Hall–Kier alpha value is -1.85. The second-order valence-electron chi connectivity index (χ2n) is 6.88. The average Bonchev–Trinajstić information content (AvgIpc) is 3.36. The van der Waals surface area contributed by atoms with Gasteiger partial charge in [0.15, 0.2) is 5.82 Å². The number of rotatable bonds is 6. The van der Waals surface area contributed by atoms with Crippen molar-refractivity contribution < 1.29 is 4.74 Å². The van der Waals surface area contributed by atoms with Crippen molar-refractivity contribution in [3.63, 3.8) is 0 Å². The van der Waals surface area contributed by atoms with Crippen LogP contribution in [0, 0.1) is 26.7 Å². The highest BCUT2D eigenvalue weighted by Crippen LogP contribution is 2.39. The minimum absolute atomic E-state index is 0.00115. The van der Waals surface area contributed by atoms with E-state index >= 15 is 0 Å². The molecule has 3 rings (SSSR count). The molecule has 1 N–H and O–H groups in total. The lowest BCUT2D eigenvalue weighted by Crippen LogP contribution is -2.30. The third-order valence-electron chi connectivity index (χ3n) is 4.68. The van der Waals surface area contributed by atoms with Gasteiger partial charge in [-0.15, -0.1) is 0 Å². The summed E-state index contributed by atoms with van der Waals surface area (Å²) >= 11 is 6.21. The van der Waals surface area contributed by atoms with Crippen LogP contribution in [0.15, 0.2) is 23.1 Å². The molecule has 1 aromatic heterocycles. The summed E-state index contributed by atoms with van der Waals surface area (Å²) in [5, 5.41) is 3.50. The van der Waals surface area contributed by atoms with Crippen LogP contribution in [0.2, 0.25) is 5.15 Å². The molecule has 25 heavy (non-hydrogen) atoms. The van der Waals surface area contributed by atoms with Gasteiger partial charge < -0.3 is 14.6 Å². The van der Waals surface area contributed by atoms with Gasteiger partial charge in [-0.3, -0.25) is 4.79 Å². The highest BCUT2D eigenvalue weighted by atomic mass is 35.5. The maximum absolute atomic E-state index is 13.0. The smallest absolute Gasteiger partial charge is 0.294 e. The predicted octanol–water partition coefficient (Wildman–Crippen LogP) is 4.16. The van der Waals surface area contributed by atoms with Crippen molar-refractivity contribution in [1.82, 2.24) is 9.55 Å². The van der Waals surface area contributed by atoms with E-state index in [4.69, 9.17) is 16.3 Å². The van der Waals surface area contributed by atoms with Crippen molar-refractivity contribution >= 4 is 23.1 Å². The number of halogens is 1. The molecule has 0 saturated heterocycles. The van der Waals surface area contributed by atoms with Gasteiger partial charge in [0, 0.05) is 19.0 Å². The van der Waals surface area contributed by atoms with E-state index in [0.717, 1.165) is 29.7 Å². The fourth-order valence-corrected chi connectivity index (χ4v) is 3.59. The first-order valence-corrected chi connectivity index (χ1v) is 8.91. The number of benzene rings is 1. The van der Waals surface area contributed by atoms with Gasteiger partial charge in [-0.1, -0.05) is 29.3 Å². The van der Waals surface area contributed by atoms with Crippen molar-refractivity contribution in [2.45, 2.75) is 39.7 Å². The summed E-state index contributed by atoms with van der Waals surface area (Å²) in [6.07, 6.45) is 3.84. The monoisotopic (exact) mass is 361 g/mol. The van der Waals surface area contributed by atoms with Gasteiger partial charge in [-0.2, -0.15) is 0 Å². The lowest BCUT2D eigenvalue weighted by molar-refractivity contribution is 0.143. The van der Waals surface area contributed by atoms with E-state index < -0.39 is 0 Å². The zero-order chi connectivity index (χ0) is 18.1. The molecule has 0 unspecified atom stereocenters. The van der Waals surface area contributed by atoms with Crippen LogP contribution in [0.4, 0.5) is 11.5 Å². The molecule has 1 saturated carbocycles. The van der Waals surface area contributed by atoms with Crippen LogP contribution >= 0.6 is 11.6 Å². The molecule has 1 heterocycles. The molecule has 1 aliphatic rings. The molecule has 0 radical (unpaired) electrons. The topological polar surface area (TPSA) is 56.1 Å². The highest BCUT2D eigenvalue weighted by molar-refractivity contribution is 6.29. The molecule has 134 valence electrons. The second kappa shape index (κ2) is 7.18. The van der Waals surface area contributed by atoms with E-state index in [-0.39, 0.29) is 17.4 Å². The van der Waals surface area contributed by atoms with Gasteiger partial charge in [-0.05, 0) is 50.7 Å². The third kappa shape index (κ3) is 3.88. The maximum Gasteiger partial charge on any atom is 0.294 e. The molecule has 5 nitrogen and oxygen atoms in total. The van der Waals surface area contributed by atoms with Crippen LogP contribution in [0.25, 0.3) is 0 Å². The quantitative estimate of drug-likeness (QED) is 0.839. The Morgan fingerprint density at radius 3 is 2.52 bits per heavy atom. The lowest BCUT2D eigenvalue weighted by Gasteiger charge is -2.20. The van der Waals surface area contributed by atoms with Crippen LogP contribution in [-0.2, 0) is 4.74 Å². The molecule has 6 heteroatoms. The van der Waals surface area contributed by atoms with Crippen molar-refractivity contribution in [3.8, 4) is 0 Å². The van der Waals surface area contributed by atoms with Crippen molar-refractivity contribution in [1.29, 1.82) is 0 Å². The highest BCUT2D eigenvalue weighted by Gasteiger charge is 2.33. The Kier molecular flexibility index (Phi) is 5.16. The van der Waals surface area contributed by atoms with Crippen molar-refractivity contribution in [3.05, 3.63) is 50.5 Å². The van der Waals surface area contributed by atoms with Crippen LogP contribution in [0.3, 0.4) is 0 Å². The van der Waals surface area contributed by atoms with Gasteiger partial charge >= 0.3 is 0 Å². The standard InChI is InChI=1S/C19H24ClN3O2/c1-11-7-12(2)17(13(3)8-11)22-18-19(24)23(9-16(20)21-18)15(10-25-4)14-5-6-14/h7-9,14-15H,5-6,10H2,1-4H3,(H,21,22)/t15-/m0/s1. The number of nitrogens with zero attached hydrogens (tertiary/aromatic N) is 2. The third-order valence-corrected chi connectivity index (χ3v) is 4.86. The van der Waals surface area contributed by atoms with E-state index in [9.17, 15) is 4.79 Å². The van der Waals surface area contributed by atoms with Crippen LogP contribution < -0.4 is 10.9 Å². The summed E-state index contributed by atoms with van der Waals surface area (Å²) in [4.78, 5) is 17.2. The van der Waals surface area contributed by atoms with E-state index in [1.165, 1.54) is 5.56 Å². The first-order chi connectivity index (χ1) is 11.9. The summed E-state index contributed by atoms with van der Waals surface area (Å²) in [7, 11) is 1.65. The molecule has 0 amide bonds. The van der Waals surface area contributed by atoms with Gasteiger partial charge in [-0.25, -0.2) is 4.98 Å². The van der Waals surface area contributed by atoms with Gasteiger partial charge in [0.05, 0.1) is 12.6 Å². The van der Waals surface area contributed by atoms with Crippen molar-refractivity contribution in [2.24, 2.45) is 5.92 Å². The summed E-state index contributed by atoms with van der Waals surface area (Å²) < 4.78 is 7.00. The minimum Gasteiger partial charge on any atom is -0.383 e. The van der Waals surface area contributed by atoms with E-state index in [0.29, 0.717) is 17.7 Å². The summed E-state index contributed by atoms with van der Waals surface area (Å²) in [5.74, 6) is 0.719. The van der Waals surface area contributed by atoms with Crippen LogP contribution in [0.5, 0.6) is 0 Å². The largest absolute Gasteiger partial charge is 0.383 e. The number of nitrogens with one attached hydrogen (secondary N) is 1. The first-order valence-electron chi connectivity index (χ1n) is 8.53. The molecule has 1 atom stereocenters. The average molecular weight is 362 g/mol. The Bertz CT molecular complexity index is 820. The summed E-state index contributed by atoms with van der Waals surface area (Å²) in [5.41, 5.74) is 4.06. The molecular weight excluding hydrogens is 338 g/mol. The number of ether oxygens (including phenoxy) is 1. The summed E-state index contributed by atoms with van der Waals surface area (Å²) in [6.45, 7) is 6.58. The second-order valence-corrected chi connectivity index (χ2v) is 7.27. The molecule has 1 aliphatic carbocycles. The van der Waals surface area contributed by atoms with E-state index in [2.05, 4.69) is 29.4 Å². The Morgan fingerprint density at radius 2 is 1.96 bits per heavy atom. The molecule has 1 fully saturated rings. The molecule has 0 aliphatic heterocycles. The minimum atomic E-state index is -0.169. The fourth-order valence-electron chi connectivity index (χ4n) is 3.40. The lowest BCUT2D eigenvalue weighted by atomic mass is 10.1. The molecule has 0 bridgehead atoms. The number of methoxy groups -OCH3 is 1. The normalized spacial score (nSPS) is 15.2. The SMILES string of the molecule is COC[C@@H](C1CC1)n1cc(Cl)nc(Nc2c(C)cc(C)cc2C)c1=O. The maximum atomic E-state index is 13.0. The van der Waals surface area contributed by atoms with Gasteiger partial charge in [0.1, 0.15) is 5.15 Å². The van der Waals surface area contributed by atoms with E-state index in [1.54, 1.807) is 17.9 Å². The first kappa shape index (κ1) is 18.0. The van der Waals surface area contributed by atoms with Gasteiger partial charge in [0.2, 0.25) is 0 Å². The molecule has 1 aromatic carbocycles. The predicted molar refractivity (Wildman–Crippen MR) is 101 cm³/mol. The van der Waals surface area contributed by atoms with E-state index in [1.807, 2.05) is 13.8 Å². The van der Waals surface area contributed by atoms with Crippen molar-refractivity contribution in [2.75, 3.05) is 19.0 Å². The van der Waals surface area contributed by atoms with Crippen LogP contribution in [-0.4, -0.2) is 23.3 Å².